The maximum Gasteiger partial charge on any atom is 0.227 e. The van der Waals surface area contributed by atoms with Crippen molar-refractivity contribution in [2.75, 3.05) is 26.2 Å². The second kappa shape index (κ2) is 8.86. The van der Waals surface area contributed by atoms with Gasteiger partial charge in [0.1, 0.15) is 0 Å². The van der Waals surface area contributed by atoms with E-state index in [0.29, 0.717) is 19.5 Å². The molecule has 1 aliphatic rings. The van der Waals surface area contributed by atoms with E-state index in [4.69, 9.17) is 0 Å². The standard InChI is InChI=1S/C20H30N2O2/c1-4-18(5-2)20(24)22-11-7-10-21(12-13-22)19(23)15-17-9-6-8-16(3)14-17/h6,8-9,14,18H,4-5,7,10-13,15H2,1-3H3. The minimum Gasteiger partial charge on any atom is -0.341 e. The third-order valence-corrected chi connectivity index (χ3v) is 4.93. The molecule has 24 heavy (non-hydrogen) atoms. The number of hydrogen-bond donors (Lipinski definition) is 0. The molecule has 4 heteroatoms. The number of rotatable bonds is 5. The number of nitrogens with zero attached hydrogens (tertiary/aromatic N) is 2. The van der Waals surface area contributed by atoms with E-state index in [1.807, 2.05) is 34.9 Å². The van der Waals surface area contributed by atoms with Crippen LogP contribution in [0.4, 0.5) is 0 Å². The molecule has 1 aromatic rings. The summed E-state index contributed by atoms with van der Waals surface area (Å²) in [5.41, 5.74) is 2.24. The molecule has 4 nitrogen and oxygen atoms in total. The molecule has 0 atom stereocenters. The van der Waals surface area contributed by atoms with Crippen molar-refractivity contribution < 1.29 is 9.59 Å². The molecule has 2 rings (SSSR count). The fourth-order valence-corrected chi connectivity index (χ4v) is 3.39. The first-order chi connectivity index (χ1) is 11.5. The van der Waals surface area contributed by atoms with E-state index in [2.05, 4.69) is 19.9 Å². The summed E-state index contributed by atoms with van der Waals surface area (Å²) < 4.78 is 0. The van der Waals surface area contributed by atoms with Crippen LogP contribution in [0.15, 0.2) is 24.3 Å². The number of benzene rings is 1. The largest absolute Gasteiger partial charge is 0.341 e. The average molecular weight is 330 g/mol. The van der Waals surface area contributed by atoms with Crippen LogP contribution in [-0.4, -0.2) is 47.8 Å². The van der Waals surface area contributed by atoms with E-state index < -0.39 is 0 Å². The van der Waals surface area contributed by atoms with Crippen molar-refractivity contribution in [1.82, 2.24) is 9.80 Å². The van der Waals surface area contributed by atoms with E-state index in [9.17, 15) is 9.59 Å². The first-order valence-electron chi connectivity index (χ1n) is 9.17. The van der Waals surface area contributed by atoms with Crippen molar-refractivity contribution in [2.45, 2.75) is 46.5 Å². The first-order valence-corrected chi connectivity index (χ1v) is 9.17. The molecule has 0 N–H and O–H groups in total. The first kappa shape index (κ1) is 18.5. The van der Waals surface area contributed by atoms with Gasteiger partial charge in [0.05, 0.1) is 6.42 Å². The highest BCUT2D eigenvalue weighted by Gasteiger charge is 2.25. The number of carbonyl (C=O) groups excluding carboxylic acids is 2. The van der Waals surface area contributed by atoms with Gasteiger partial charge in [-0.2, -0.15) is 0 Å². The maximum absolute atomic E-state index is 12.6. The second-order valence-electron chi connectivity index (χ2n) is 6.74. The number of aryl methyl sites for hydroxylation is 1. The van der Waals surface area contributed by atoms with Gasteiger partial charge in [0, 0.05) is 32.1 Å². The van der Waals surface area contributed by atoms with Gasteiger partial charge in [-0.05, 0) is 31.7 Å². The topological polar surface area (TPSA) is 40.6 Å². The highest BCUT2D eigenvalue weighted by molar-refractivity contribution is 5.80. The summed E-state index contributed by atoms with van der Waals surface area (Å²) in [6.07, 6.45) is 3.09. The third kappa shape index (κ3) is 4.83. The van der Waals surface area contributed by atoms with Gasteiger partial charge in [-0.1, -0.05) is 43.7 Å². The van der Waals surface area contributed by atoms with Crippen LogP contribution in [0.1, 0.15) is 44.2 Å². The number of carbonyl (C=O) groups is 2. The summed E-state index contributed by atoms with van der Waals surface area (Å²) in [5.74, 6) is 0.546. The van der Waals surface area contributed by atoms with Crippen LogP contribution in [0, 0.1) is 12.8 Å². The Balaban J connectivity index is 1.92. The number of amides is 2. The Morgan fingerprint density at radius 1 is 1.04 bits per heavy atom. The van der Waals surface area contributed by atoms with Crippen molar-refractivity contribution in [3.05, 3.63) is 35.4 Å². The quantitative estimate of drug-likeness (QED) is 0.832. The Hall–Kier alpha value is -1.84. The van der Waals surface area contributed by atoms with Crippen molar-refractivity contribution >= 4 is 11.8 Å². The summed E-state index contributed by atoms with van der Waals surface area (Å²) in [5, 5.41) is 0. The van der Waals surface area contributed by atoms with E-state index in [-0.39, 0.29) is 17.7 Å². The monoisotopic (exact) mass is 330 g/mol. The molecule has 1 aliphatic heterocycles. The maximum atomic E-state index is 12.6. The predicted octanol–water partition coefficient (Wildman–Crippen LogP) is 3.03. The Labute approximate surface area is 145 Å². The van der Waals surface area contributed by atoms with Crippen molar-refractivity contribution in [1.29, 1.82) is 0 Å². The molecule has 1 heterocycles. The molecule has 0 aliphatic carbocycles. The van der Waals surface area contributed by atoms with Crippen molar-refractivity contribution in [3.63, 3.8) is 0 Å². The third-order valence-electron chi connectivity index (χ3n) is 4.93. The van der Waals surface area contributed by atoms with E-state index in [0.717, 1.165) is 37.9 Å². The van der Waals surface area contributed by atoms with E-state index in [1.165, 1.54) is 5.56 Å². The van der Waals surface area contributed by atoms with Gasteiger partial charge >= 0.3 is 0 Å². The Morgan fingerprint density at radius 2 is 1.71 bits per heavy atom. The Bertz CT molecular complexity index is 567. The summed E-state index contributed by atoms with van der Waals surface area (Å²) in [4.78, 5) is 29.0. The molecule has 0 bridgehead atoms. The molecular formula is C20H30N2O2. The Kier molecular flexibility index (Phi) is 6.83. The lowest BCUT2D eigenvalue weighted by molar-refractivity contribution is -0.136. The van der Waals surface area contributed by atoms with Crippen LogP contribution >= 0.6 is 0 Å². The molecule has 1 saturated heterocycles. The van der Waals surface area contributed by atoms with Gasteiger partial charge in [-0.25, -0.2) is 0 Å². The minimum absolute atomic E-state index is 0.125. The zero-order chi connectivity index (χ0) is 17.5. The van der Waals surface area contributed by atoms with Gasteiger partial charge in [0.25, 0.3) is 0 Å². The fraction of sp³-hybridized carbons (Fsp3) is 0.600. The van der Waals surface area contributed by atoms with Gasteiger partial charge in [0.15, 0.2) is 0 Å². The van der Waals surface area contributed by atoms with Crippen LogP contribution in [0.2, 0.25) is 0 Å². The predicted molar refractivity (Wildman–Crippen MR) is 96.7 cm³/mol. The highest BCUT2D eigenvalue weighted by Crippen LogP contribution is 2.15. The van der Waals surface area contributed by atoms with Crippen molar-refractivity contribution in [3.8, 4) is 0 Å². The summed E-state index contributed by atoms with van der Waals surface area (Å²) in [6, 6.07) is 8.11. The fourth-order valence-electron chi connectivity index (χ4n) is 3.39. The van der Waals surface area contributed by atoms with E-state index in [1.54, 1.807) is 0 Å². The molecular weight excluding hydrogens is 300 g/mol. The molecule has 0 unspecified atom stereocenters. The summed E-state index contributed by atoms with van der Waals surface area (Å²) in [6.45, 7) is 9.01. The number of hydrogen-bond acceptors (Lipinski definition) is 2. The van der Waals surface area contributed by atoms with Crippen molar-refractivity contribution in [2.24, 2.45) is 5.92 Å². The van der Waals surface area contributed by atoms with Crippen LogP contribution in [-0.2, 0) is 16.0 Å². The van der Waals surface area contributed by atoms with Gasteiger partial charge in [-0.15, -0.1) is 0 Å². The van der Waals surface area contributed by atoms with Crippen LogP contribution in [0.3, 0.4) is 0 Å². The van der Waals surface area contributed by atoms with E-state index >= 15 is 0 Å². The zero-order valence-corrected chi connectivity index (χ0v) is 15.3. The van der Waals surface area contributed by atoms with Gasteiger partial charge in [0.2, 0.25) is 11.8 Å². The minimum atomic E-state index is 0.125. The van der Waals surface area contributed by atoms with Crippen LogP contribution in [0.25, 0.3) is 0 Å². The van der Waals surface area contributed by atoms with Gasteiger partial charge < -0.3 is 9.80 Å². The zero-order valence-electron chi connectivity index (χ0n) is 15.3. The van der Waals surface area contributed by atoms with Crippen LogP contribution < -0.4 is 0 Å². The molecule has 2 amide bonds. The highest BCUT2D eigenvalue weighted by atomic mass is 16.2. The summed E-state index contributed by atoms with van der Waals surface area (Å²) >= 11 is 0. The van der Waals surface area contributed by atoms with Crippen LogP contribution in [0.5, 0.6) is 0 Å². The molecule has 1 aromatic carbocycles. The molecule has 0 spiro atoms. The Morgan fingerprint density at radius 3 is 2.38 bits per heavy atom. The molecule has 0 aromatic heterocycles. The van der Waals surface area contributed by atoms with Gasteiger partial charge in [-0.3, -0.25) is 9.59 Å². The normalized spacial score (nSPS) is 15.5. The average Bonchev–Trinajstić information content (AvgIpc) is 2.82. The molecule has 0 radical (unpaired) electrons. The lowest BCUT2D eigenvalue weighted by atomic mass is 10.0. The lowest BCUT2D eigenvalue weighted by Crippen LogP contribution is -2.40. The SMILES string of the molecule is CCC(CC)C(=O)N1CCCN(C(=O)Cc2cccc(C)c2)CC1. The second-order valence-corrected chi connectivity index (χ2v) is 6.74. The smallest absolute Gasteiger partial charge is 0.227 e. The molecule has 1 fully saturated rings. The molecule has 132 valence electrons. The summed E-state index contributed by atoms with van der Waals surface area (Å²) in [7, 11) is 0. The lowest BCUT2D eigenvalue weighted by Gasteiger charge is -2.25. The molecule has 0 saturated carbocycles.